The molecule has 152 valence electrons. The maximum absolute atomic E-state index is 12.8. The standard InChI is InChI=1S/C22H38N4O/c1-2-23-21(24-16-22(12-6-13-22)18-9-10-18)25-19-11-14-26(15-19)20(27)17-7-4-3-5-8-17/h17-19H,2-16H2,1H3,(H2,23,24,25). The van der Waals surface area contributed by atoms with Crippen LogP contribution in [0.15, 0.2) is 4.99 Å². The minimum atomic E-state index is 0.288. The monoisotopic (exact) mass is 374 g/mol. The molecule has 5 heteroatoms. The summed E-state index contributed by atoms with van der Waals surface area (Å²) < 4.78 is 0. The van der Waals surface area contributed by atoms with Crippen molar-refractivity contribution in [3.8, 4) is 0 Å². The van der Waals surface area contributed by atoms with E-state index in [4.69, 9.17) is 4.99 Å². The second kappa shape index (κ2) is 8.40. The molecule has 0 bridgehead atoms. The van der Waals surface area contributed by atoms with Crippen LogP contribution in [0, 0.1) is 17.3 Å². The summed E-state index contributed by atoms with van der Waals surface area (Å²) in [6.45, 7) is 5.74. The third kappa shape index (κ3) is 4.43. The van der Waals surface area contributed by atoms with E-state index < -0.39 is 0 Å². The van der Waals surface area contributed by atoms with Crippen molar-refractivity contribution < 1.29 is 4.79 Å². The van der Waals surface area contributed by atoms with Gasteiger partial charge in [-0.05, 0) is 63.2 Å². The van der Waals surface area contributed by atoms with Crippen molar-refractivity contribution in [2.75, 3.05) is 26.2 Å². The van der Waals surface area contributed by atoms with Crippen LogP contribution < -0.4 is 10.6 Å². The van der Waals surface area contributed by atoms with Gasteiger partial charge in [-0.3, -0.25) is 9.79 Å². The summed E-state index contributed by atoms with van der Waals surface area (Å²) in [6, 6.07) is 0.341. The molecule has 2 N–H and O–H groups in total. The third-order valence-corrected chi connectivity index (χ3v) is 7.48. The molecule has 27 heavy (non-hydrogen) atoms. The Bertz CT molecular complexity index is 547. The Morgan fingerprint density at radius 1 is 1.07 bits per heavy atom. The van der Waals surface area contributed by atoms with Crippen LogP contribution in [0.1, 0.15) is 77.6 Å². The molecular weight excluding hydrogens is 336 g/mol. The molecule has 3 saturated carbocycles. The summed E-state index contributed by atoms with van der Waals surface area (Å²) in [5.74, 6) is 2.59. The lowest BCUT2D eigenvalue weighted by Crippen LogP contribution is -2.46. The fourth-order valence-electron chi connectivity index (χ4n) is 5.46. The van der Waals surface area contributed by atoms with Gasteiger partial charge in [0.1, 0.15) is 0 Å². The molecule has 1 amide bonds. The van der Waals surface area contributed by atoms with Crippen LogP contribution in [0.5, 0.6) is 0 Å². The number of nitrogens with one attached hydrogen (secondary N) is 2. The second-order valence-electron chi connectivity index (χ2n) is 9.43. The van der Waals surface area contributed by atoms with Crippen molar-refractivity contribution in [1.29, 1.82) is 0 Å². The number of carbonyl (C=O) groups is 1. The minimum Gasteiger partial charge on any atom is -0.357 e. The van der Waals surface area contributed by atoms with E-state index in [2.05, 4.69) is 22.5 Å². The molecule has 1 unspecified atom stereocenters. The summed E-state index contributed by atoms with van der Waals surface area (Å²) in [4.78, 5) is 19.9. The summed E-state index contributed by atoms with van der Waals surface area (Å²) in [6.07, 6.45) is 14.0. The Morgan fingerprint density at radius 2 is 1.85 bits per heavy atom. The average molecular weight is 375 g/mol. The fraction of sp³-hybridized carbons (Fsp3) is 0.909. The van der Waals surface area contributed by atoms with Gasteiger partial charge >= 0.3 is 0 Å². The number of likely N-dealkylation sites (tertiary alicyclic amines) is 1. The van der Waals surface area contributed by atoms with Crippen LogP contribution in [-0.4, -0.2) is 49.0 Å². The third-order valence-electron chi connectivity index (χ3n) is 7.48. The van der Waals surface area contributed by atoms with E-state index >= 15 is 0 Å². The molecule has 1 aliphatic heterocycles. The van der Waals surface area contributed by atoms with Crippen LogP contribution in [0.25, 0.3) is 0 Å². The first-order valence-electron chi connectivity index (χ1n) is 11.5. The molecule has 3 aliphatic carbocycles. The Kier molecular flexibility index (Phi) is 5.93. The molecule has 0 aromatic heterocycles. The van der Waals surface area contributed by atoms with E-state index in [1.54, 1.807) is 0 Å². The normalized spacial score (nSPS) is 28.7. The molecule has 1 atom stereocenters. The fourth-order valence-corrected chi connectivity index (χ4v) is 5.46. The van der Waals surface area contributed by atoms with Gasteiger partial charge in [-0.2, -0.15) is 0 Å². The number of aliphatic imine (C=N–C) groups is 1. The lowest BCUT2D eigenvalue weighted by molar-refractivity contribution is -0.135. The summed E-state index contributed by atoms with van der Waals surface area (Å²) >= 11 is 0. The summed E-state index contributed by atoms with van der Waals surface area (Å²) in [5.41, 5.74) is 0.515. The van der Waals surface area contributed by atoms with Crippen molar-refractivity contribution in [3.63, 3.8) is 0 Å². The van der Waals surface area contributed by atoms with Gasteiger partial charge in [-0.1, -0.05) is 25.7 Å². The molecule has 4 rings (SSSR count). The van der Waals surface area contributed by atoms with E-state index in [-0.39, 0.29) is 5.92 Å². The lowest BCUT2D eigenvalue weighted by atomic mass is 9.65. The van der Waals surface area contributed by atoms with Gasteiger partial charge in [-0.15, -0.1) is 0 Å². The number of hydrogen-bond acceptors (Lipinski definition) is 2. The first kappa shape index (κ1) is 19.1. The van der Waals surface area contributed by atoms with Gasteiger partial charge in [0.2, 0.25) is 5.91 Å². The molecule has 1 heterocycles. The highest BCUT2D eigenvalue weighted by atomic mass is 16.2. The minimum absolute atomic E-state index is 0.288. The Hall–Kier alpha value is -1.26. The number of nitrogens with zero attached hydrogens (tertiary/aromatic N) is 2. The van der Waals surface area contributed by atoms with E-state index in [1.165, 1.54) is 51.4 Å². The van der Waals surface area contributed by atoms with Gasteiger partial charge in [0.15, 0.2) is 5.96 Å². The molecular formula is C22H38N4O. The van der Waals surface area contributed by atoms with E-state index in [9.17, 15) is 4.79 Å². The first-order chi connectivity index (χ1) is 13.2. The van der Waals surface area contributed by atoms with Crippen LogP contribution in [0.2, 0.25) is 0 Å². The average Bonchev–Trinajstić information content (AvgIpc) is 3.40. The molecule has 4 aliphatic rings. The molecule has 0 aromatic carbocycles. The van der Waals surface area contributed by atoms with E-state index in [1.807, 2.05) is 0 Å². The highest BCUT2D eigenvalue weighted by molar-refractivity contribution is 5.81. The number of amides is 1. The molecule has 1 saturated heterocycles. The SMILES string of the molecule is CCNC(=NCC1(C2CC2)CCC1)NC1CCN(C(=O)C2CCCCC2)C1. The van der Waals surface area contributed by atoms with Crippen molar-refractivity contribution >= 4 is 11.9 Å². The topological polar surface area (TPSA) is 56.7 Å². The summed E-state index contributed by atoms with van der Waals surface area (Å²) in [7, 11) is 0. The van der Waals surface area contributed by atoms with Crippen molar-refractivity contribution in [2.24, 2.45) is 22.2 Å². The first-order valence-corrected chi connectivity index (χ1v) is 11.5. The van der Waals surface area contributed by atoms with Crippen LogP contribution in [0.4, 0.5) is 0 Å². The summed E-state index contributed by atoms with van der Waals surface area (Å²) in [5, 5.41) is 7.06. The van der Waals surface area contributed by atoms with Crippen LogP contribution in [-0.2, 0) is 4.79 Å². The van der Waals surface area contributed by atoms with Crippen LogP contribution >= 0.6 is 0 Å². The number of rotatable bonds is 6. The maximum Gasteiger partial charge on any atom is 0.225 e. The molecule has 0 spiro atoms. The van der Waals surface area contributed by atoms with Crippen molar-refractivity contribution in [1.82, 2.24) is 15.5 Å². The Morgan fingerprint density at radius 3 is 2.48 bits per heavy atom. The van der Waals surface area contributed by atoms with Gasteiger partial charge in [0, 0.05) is 38.1 Å². The zero-order valence-corrected chi connectivity index (χ0v) is 17.1. The smallest absolute Gasteiger partial charge is 0.225 e. The molecule has 0 aromatic rings. The van der Waals surface area contributed by atoms with Crippen molar-refractivity contribution in [2.45, 2.75) is 83.6 Å². The second-order valence-corrected chi connectivity index (χ2v) is 9.43. The zero-order chi connectivity index (χ0) is 18.7. The van der Waals surface area contributed by atoms with E-state index in [0.717, 1.165) is 57.3 Å². The number of carbonyl (C=O) groups excluding carboxylic acids is 1. The highest BCUT2D eigenvalue weighted by Crippen LogP contribution is 2.57. The zero-order valence-electron chi connectivity index (χ0n) is 17.1. The maximum atomic E-state index is 12.8. The van der Waals surface area contributed by atoms with E-state index in [0.29, 0.717) is 17.4 Å². The largest absolute Gasteiger partial charge is 0.357 e. The molecule has 4 fully saturated rings. The predicted octanol–water partition coefficient (Wildman–Crippen LogP) is 3.30. The molecule has 0 radical (unpaired) electrons. The Balaban J connectivity index is 1.29. The highest BCUT2D eigenvalue weighted by Gasteiger charge is 2.48. The van der Waals surface area contributed by atoms with Gasteiger partial charge < -0.3 is 15.5 Å². The molecule has 5 nitrogen and oxygen atoms in total. The van der Waals surface area contributed by atoms with Gasteiger partial charge in [-0.25, -0.2) is 0 Å². The predicted molar refractivity (Wildman–Crippen MR) is 110 cm³/mol. The van der Waals surface area contributed by atoms with Gasteiger partial charge in [0.05, 0.1) is 0 Å². The van der Waals surface area contributed by atoms with Crippen molar-refractivity contribution in [3.05, 3.63) is 0 Å². The van der Waals surface area contributed by atoms with Gasteiger partial charge in [0.25, 0.3) is 0 Å². The van der Waals surface area contributed by atoms with Crippen LogP contribution in [0.3, 0.4) is 0 Å². The lowest BCUT2D eigenvalue weighted by Gasteiger charge is -2.41. The quantitative estimate of drug-likeness (QED) is 0.554. The Labute approximate surface area is 164 Å². The number of hydrogen-bond donors (Lipinski definition) is 2. The number of guanidine groups is 1.